The molecule has 2 aliphatic rings. The molecule has 0 aliphatic carbocycles. The summed E-state index contributed by atoms with van der Waals surface area (Å²) in [6.07, 6.45) is 8.76. The van der Waals surface area contributed by atoms with Crippen LogP contribution < -0.4 is 4.74 Å². The first-order chi connectivity index (χ1) is 13.8. The third kappa shape index (κ3) is 4.76. The van der Waals surface area contributed by atoms with Gasteiger partial charge in [0.15, 0.2) is 0 Å². The number of nitrogens with one attached hydrogen (secondary N) is 1. The Bertz CT molecular complexity index is 759. The molecule has 5 nitrogen and oxygen atoms in total. The van der Waals surface area contributed by atoms with Crippen LogP contribution in [0, 0.1) is 0 Å². The number of piperidine rings is 1. The molecule has 1 atom stereocenters. The zero-order chi connectivity index (χ0) is 19.2. The molecule has 2 bridgehead atoms. The fourth-order valence-electron chi connectivity index (χ4n) is 4.45. The third-order valence-corrected chi connectivity index (χ3v) is 6.03. The van der Waals surface area contributed by atoms with Crippen LogP contribution in [0.1, 0.15) is 48.2 Å². The summed E-state index contributed by atoms with van der Waals surface area (Å²) in [5, 5.41) is 0. The van der Waals surface area contributed by atoms with E-state index in [-0.39, 0.29) is 5.91 Å². The number of aromatic nitrogens is 1. The van der Waals surface area contributed by atoms with Gasteiger partial charge >= 0.3 is 0 Å². The Morgan fingerprint density at radius 2 is 1.96 bits per heavy atom. The monoisotopic (exact) mass is 381 g/mol. The molecule has 4 rings (SSSR count). The Kier molecular flexibility index (Phi) is 6.32. The van der Waals surface area contributed by atoms with Crippen LogP contribution in [0.5, 0.6) is 5.75 Å². The summed E-state index contributed by atoms with van der Waals surface area (Å²) >= 11 is 0. The van der Waals surface area contributed by atoms with Gasteiger partial charge in [-0.1, -0.05) is 18.6 Å². The molecule has 2 aliphatic heterocycles. The molecule has 28 heavy (non-hydrogen) atoms. The topological polar surface area (TPSA) is 48.6 Å². The Hall–Kier alpha value is -2.27. The Morgan fingerprint density at radius 3 is 2.86 bits per heavy atom. The summed E-state index contributed by atoms with van der Waals surface area (Å²) in [7, 11) is 0. The van der Waals surface area contributed by atoms with E-state index in [1.807, 2.05) is 29.3 Å². The van der Waals surface area contributed by atoms with Crippen molar-refractivity contribution in [1.82, 2.24) is 14.8 Å². The van der Waals surface area contributed by atoms with E-state index in [2.05, 4.69) is 28.1 Å². The van der Waals surface area contributed by atoms with E-state index in [9.17, 15) is 4.79 Å². The van der Waals surface area contributed by atoms with E-state index in [0.29, 0.717) is 18.3 Å². The van der Waals surface area contributed by atoms with Gasteiger partial charge in [0.2, 0.25) is 0 Å². The van der Waals surface area contributed by atoms with Crippen molar-refractivity contribution in [2.75, 3.05) is 32.8 Å². The van der Waals surface area contributed by atoms with Crippen LogP contribution in [0.15, 0.2) is 42.6 Å². The summed E-state index contributed by atoms with van der Waals surface area (Å²) in [4.78, 5) is 20.6. The molecule has 0 saturated carbocycles. The molecule has 1 N–H and O–H groups in total. The summed E-state index contributed by atoms with van der Waals surface area (Å²) in [5.41, 5.74) is 2.04. The van der Waals surface area contributed by atoms with Gasteiger partial charge in [-0.05, 0) is 68.5 Å². The highest BCUT2D eigenvalue weighted by Gasteiger charge is 2.24. The molecule has 1 fully saturated rings. The number of aromatic amines is 1. The summed E-state index contributed by atoms with van der Waals surface area (Å²) in [5.74, 6) is 1.03. The van der Waals surface area contributed by atoms with Crippen molar-refractivity contribution in [3.63, 3.8) is 0 Å². The number of fused-ring (bicyclic) bond motifs is 3. The molecule has 1 amide bonds. The minimum Gasteiger partial charge on any atom is -0.494 e. The smallest absolute Gasteiger partial charge is 0.270 e. The standard InChI is InChI=1S/C23H31N3O2/c27-23(22-9-4-12-24-22)26-14-5-17-28-21-8-3-6-19(18-21)10-11-20-7-1-2-13-25(20)15-16-26/h3-4,6,8-9,12,18,20,24H,1-2,5,7,10-11,13-17H2. The van der Waals surface area contributed by atoms with Gasteiger partial charge in [0, 0.05) is 31.9 Å². The maximum atomic E-state index is 12.9. The number of hydrogen-bond acceptors (Lipinski definition) is 3. The number of nitrogens with zero attached hydrogens (tertiary/aromatic N) is 2. The number of amides is 1. The fraction of sp³-hybridized carbons (Fsp3) is 0.522. The Labute approximate surface area is 167 Å². The van der Waals surface area contributed by atoms with Crippen LogP contribution in [-0.4, -0.2) is 59.5 Å². The Balaban J connectivity index is 1.51. The minimum atomic E-state index is 0.0904. The van der Waals surface area contributed by atoms with E-state index >= 15 is 0 Å². The molecular weight excluding hydrogens is 350 g/mol. The predicted octanol–water partition coefficient (Wildman–Crippen LogP) is 3.73. The van der Waals surface area contributed by atoms with Crippen LogP contribution in [-0.2, 0) is 6.42 Å². The van der Waals surface area contributed by atoms with Crippen LogP contribution >= 0.6 is 0 Å². The molecule has 2 aromatic rings. The van der Waals surface area contributed by atoms with Gasteiger partial charge in [-0.3, -0.25) is 9.69 Å². The number of H-pyrrole nitrogens is 1. The molecule has 150 valence electrons. The first kappa shape index (κ1) is 19.1. The van der Waals surface area contributed by atoms with Crippen molar-refractivity contribution >= 4 is 5.91 Å². The predicted molar refractivity (Wildman–Crippen MR) is 111 cm³/mol. The van der Waals surface area contributed by atoms with Crippen LogP contribution in [0.2, 0.25) is 0 Å². The average molecular weight is 382 g/mol. The molecule has 5 heteroatoms. The lowest BCUT2D eigenvalue weighted by Crippen LogP contribution is -2.45. The molecular formula is C23H31N3O2. The lowest BCUT2D eigenvalue weighted by atomic mass is 9.95. The number of aryl methyl sites for hydroxylation is 1. The number of benzene rings is 1. The normalized spacial score (nSPS) is 22.0. The van der Waals surface area contributed by atoms with E-state index in [4.69, 9.17) is 4.74 Å². The van der Waals surface area contributed by atoms with Crippen LogP contribution in [0.4, 0.5) is 0 Å². The number of ether oxygens (including phenoxy) is 1. The maximum Gasteiger partial charge on any atom is 0.270 e. The largest absolute Gasteiger partial charge is 0.494 e. The number of carbonyl (C=O) groups excluding carboxylic acids is 1. The van der Waals surface area contributed by atoms with Crippen molar-refractivity contribution in [3.05, 3.63) is 53.9 Å². The second-order valence-electron chi connectivity index (χ2n) is 7.95. The average Bonchev–Trinajstić information content (AvgIpc) is 3.26. The van der Waals surface area contributed by atoms with Gasteiger partial charge in [-0.2, -0.15) is 0 Å². The zero-order valence-electron chi connectivity index (χ0n) is 16.6. The molecule has 1 aromatic heterocycles. The van der Waals surface area contributed by atoms with Gasteiger partial charge < -0.3 is 14.6 Å². The molecule has 1 unspecified atom stereocenters. The van der Waals surface area contributed by atoms with Gasteiger partial charge in [-0.25, -0.2) is 0 Å². The fourth-order valence-corrected chi connectivity index (χ4v) is 4.45. The number of carbonyl (C=O) groups is 1. The lowest BCUT2D eigenvalue weighted by molar-refractivity contribution is 0.0678. The first-order valence-electron chi connectivity index (χ1n) is 10.7. The molecule has 0 spiro atoms. The molecule has 3 heterocycles. The Morgan fingerprint density at radius 1 is 1.00 bits per heavy atom. The van der Waals surface area contributed by atoms with Crippen molar-refractivity contribution < 1.29 is 9.53 Å². The number of rotatable bonds is 1. The third-order valence-electron chi connectivity index (χ3n) is 6.03. The van der Waals surface area contributed by atoms with Crippen molar-refractivity contribution in [2.45, 2.75) is 44.6 Å². The summed E-state index contributed by atoms with van der Waals surface area (Å²) in [6, 6.07) is 12.9. The minimum absolute atomic E-state index is 0.0904. The highest BCUT2D eigenvalue weighted by atomic mass is 16.5. The van der Waals surface area contributed by atoms with Gasteiger partial charge in [0.25, 0.3) is 5.91 Å². The van der Waals surface area contributed by atoms with E-state index in [0.717, 1.165) is 44.8 Å². The van der Waals surface area contributed by atoms with E-state index < -0.39 is 0 Å². The van der Waals surface area contributed by atoms with Gasteiger partial charge in [0.05, 0.1) is 6.61 Å². The molecule has 0 radical (unpaired) electrons. The lowest BCUT2D eigenvalue weighted by Gasteiger charge is -2.37. The molecule has 1 aromatic carbocycles. The van der Waals surface area contributed by atoms with Crippen LogP contribution in [0.25, 0.3) is 0 Å². The van der Waals surface area contributed by atoms with E-state index in [1.54, 1.807) is 0 Å². The highest BCUT2D eigenvalue weighted by molar-refractivity contribution is 5.92. The van der Waals surface area contributed by atoms with E-state index in [1.165, 1.54) is 31.2 Å². The second kappa shape index (κ2) is 9.28. The molecule has 1 saturated heterocycles. The van der Waals surface area contributed by atoms with Crippen molar-refractivity contribution in [3.8, 4) is 5.75 Å². The second-order valence-corrected chi connectivity index (χ2v) is 7.95. The number of hydrogen-bond donors (Lipinski definition) is 1. The van der Waals surface area contributed by atoms with Gasteiger partial charge in [-0.15, -0.1) is 0 Å². The first-order valence-corrected chi connectivity index (χ1v) is 10.7. The quantitative estimate of drug-likeness (QED) is 0.819. The summed E-state index contributed by atoms with van der Waals surface area (Å²) in [6.45, 7) is 4.23. The maximum absolute atomic E-state index is 12.9. The summed E-state index contributed by atoms with van der Waals surface area (Å²) < 4.78 is 5.96. The van der Waals surface area contributed by atoms with Crippen LogP contribution in [0.3, 0.4) is 0 Å². The SMILES string of the molecule is O=C(c1ccc[nH]1)N1CCCOc2cccc(c2)CCC2CCCCN2CC1. The van der Waals surface area contributed by atoms with Crippen molar-refractivity contribution in [1.29, 1.82) is 0 Å². The highest BCUT2D eigenvalue weighted by Crippen LogP contribution is 2.23. The van der Waals surface area contributed by atoms with Gasteiger partial charge in [0.1, 0.15) is 11.4 Å². The zero-order valence-corrected chi connectivity index (χ0v) is 16.6. The van der Waals surface area contributed by atoms with Crippen molar-refractivity contribution in [2.24, 2.45) is 0 Å².